The molecule has 2 heterocycles. The molecule has 2 rings (SSSR count). The molecule has 0 aliphatic carbocycles. The Kier molecular flexibility index (Phi) is 2.78. The number of hydrogen-bond donors (Lipinski definition) is 3. The molecule has 2 unspecified atom stereocenters. The zero-order valence-electron chi connectivity index (χ0n) is 9.05. The fraction of sp³-hybridized carbons (Fsp3) is 0.667. The fourth-order valence-corrected chi connectivity index (χ4v) is 1.89. The normalized spacial score (nSPS) is 22.4. The van der Waals surface area contributed by atoms with Gasteiger partial charge in [0.25, 0.3) is 5.91 Å². The number of aromatic amines is 1. The Morgan fingerprint density at radius 3 is 3.00 bits per heavy atom. The maximum absolute atomic E-state index is 11.9. The zero-order valence-corrected chi connectivity index (χ0v) is 9.05. The van der Waals surface area contributed by atoms with Crippen LogP contribution in [0.5, 0.6) is 0 Å². The van der Waals surface area contributed by atoms with Gasteiger partial charge in [0.2, 0.25) is 11.8 Å². The van der Waals surface area contributed by atoms with Gasteiger partial charge < -0.3 is 15.7 Å². The Balaban J connectivity index is 2.02. The van der Waals surface area contributed by atoms with Crippen LogP contribution in [0.25, 0.3) is 0 Å². The Hall–Kier alpha value is -1.63. The number of nitrogens with zero attached hydrogens (tertiary/aromatic N) is 3. The van der Waals surface area contributed by atoms with E-state index in [0.717, 1.165) is 6.42 Å². The summed E-state index contributed by atoms with van der Waals surface area (Å²) in [6.45, 7) is 2.93. The zero-order chi connectivity index (χ0) is 11.7. The maximum atomic E-state index is 11.9. The van der Waals surface area contributed by atoms with Crippen LogP contribution in [-0.4, -0.2) is 50.3 Å². The van der Waals surface area contributed by atoms with E-state index in [4.69, 9.17) is 5.73 Å². The van der Waals surface area contributed by atoms with Crippen molar-refractivity contribution in [3.8, 4) is 0 Å². The number of likely N-dealkylation sites (tertiary alicyclic amines) is 1. The van der Waals surface area contributed by atoms with Crippen molar-refractivity contribution in [1.82, 2.24) is 20.1 Å². The van der Waals surface area contributed by atoms with Gasteiger partial charge in [-0.3, -0.25) is 9.89 Å². The van der Waals surface area contributed by atoms with Crippen LogP contribution in [0.2, 0.25) is 0 Å². The molecule has 16 heavy (non-hydrogen) atoms. The van der Waals surface area contributed by atoms with Gasteiger partial charge >= 0.3 is 0 Å². The van der Waals surface area contributed by atoms with Gasteiger partial charge in [-0.15, -0.1) is 5.10 Å². The summed E-state index contributed by atoms with van der Waals surface area (Å²) in [5, 5.41) is 15.5. The maximum Gasteiger partial charge on any atom is 0.291 e. The first-order chi connectivity index (χ1) is 7.58. The fourth-order valence-electron chi connectivity index (χ4n) is 1.89. The summed E-state index contributed by atoms with van der Waals surface area (Å²) in [6, 6.07) is 0. The van der Waals surface area contributed by atoms with Gasteiger partial charge in [0.1, 0.15) is 0 Å². The van der Waals surface area contributed by atoms with E-state index < -0.39 is 6.10 Å². The lowest BCUT2D eigenvalue weighted by Gasteiger charge is -2.16. The Labute approximate surface area is 92.7 Å². The minimum Gasteiger partial charge on any atom is -0.393 e. The first-order valence-electron chi connectivity index (χ1n) is 5.23. The first kappa shape index (κ1) is 10.9. The van der Waals surface area contributed by atoms with E-state index in [1.54, 1.807) is 11.8 Å². The van der Waals surface area contributed by atoms with Crippen molar-refractivity contribution in [1.29, 1.82) is 0 Å². The summed E-state index contributed by atoms with van der Waals surface area (Å²) < 4.78 is 0. The Morgan fingerprint density at radius 2 is 2.50 bits per heavy atom. The monoisotopic (exact) mass is 225 g/mol. The molecule has 0 radical (unpaired) electrons. The number of hydrogen-bond acceptors (Lipinski definition) is 5. The van der Waals surface area contributed by atoms with E-state index in [1.807, 2.05) is 0 Å². The standard InChI is InChI=1S/C9H15N5O2/c1-5(15)6-2-3-14(4-6)8(16)7-11-9(10)13-12-7/h5-6,15H,2-4H2,1H3,(H3,10,11,12,13). The van der Waals surface area contributed by atoms with Crippen molar-refractivity contribution >= 4 is 11.9 Å². The second-order valence-electron chi connectivity index (χ2n) is 4.08. The largest absolute Gasteiger partial charge is 0.393 e. The molecular formula is C9H15N5O2. The number of nitrogens with two attached hydrogens (primary N) is 1. The molecule has 2 atom stereocenters. The number of aliphatic hydroxyl groups is 1. The van der Waals surface area contributed by atoms with E-state index in [9.17, 15) is 9.90 Å². The summed E-state index contributed by atoms with van der Waals surface area (Å²) in [5.74, 6) is 0.148. The molecule has 1 aliphatic rings. The van der Waals surface area contributed by atoms with Gasteiger partial charge in [0.15, 0.2) is 0 Å². The molecule has 7 heteroatoms. The molecule has 88 valence electrons. The van der Waals surface area contributed by atoms with E-state index >= 15 is 0 Å². The molecule has 1 saturated heterocycles. The van der Waals surface area contributed by atoms with Gasteiger partial charge in [-0.05, 0) is 13.3 Å². The van der Waals surface area contributed by atoms with Gasteiger partial charge in [-0.2, -0.15) is 4.98 Å². The van der Waals surface area contributed by atoms with Gasteiger partial charge in [0.05, 0.1) is 6.10 Å². The Morgan fingerprint density at radius 1 is 1.75 bits per heavy atom. The smallest absolute Gasteiger partial charge is 0.291 e. The summed E-state index contributed by atoms with van der Waals surface area (Å²) in [7, 11) is 0. The number of nitrogens with one attached hydrogen (secondary N) is 1. The molecule has 0 bridgehead atoms. The van der Waals surface area contributed by atoms with Gasteiger partial charge in [-0.25, -0.2) is 0 Å². The van der Waals surface area contributed by atoms with Crippen LogP contribution in [0.15, 0.2) is 0 Å². The number of carbonyl (C=O) groups excluding carboxylic acids is 1. The lowest BCUT2D eigenvalue weighted by atomic mass is 10.0. The number of aromatic nitrogens is 3. The molecule has 0 saturated carbocycles. The minimum absolute atomic E-state index is 0.0645. The SMILES string of the molecule is CC(O)C1CCN(C(=O)c2nc(N)n[nH]2)C1. The third kappa shape index (κ3) is 1.99. The molecular weight excluding hydrogens is 210 g/mol. The van der Waals surface area contributed by atoms with Crippen LogP contribution in [0, 0.1) is 5.92 Å². The van der Waals surface area contributed by atoms with Crippen molar-refractivity contribution in [2.75, 3.05) is 18.8 Å². The highest BCUT2D eigenvalue weighted by Crippen LogP contribution is 2.20. The average molecular weight is 225 g/mol. The molecule has 1 amide bonds. The molecule has 1 aromatic heterocycles. The predicted molar refractivity (Wildman–Crippen MR) is 56.5 cm³/mol. The van der Waals surface area contributed by atoms with Crippen molar-refractivity contribution in [2.45, 2.75) is 19.4 Å². The number of H-pyrrole nitrogens is 1. The molecule has 1 fully saturated rings. The third-order valence-corrected chi connectivity index (χ3v) is 2.90. The molecule has 1 aromatic rings. The van der Waals surface area contributed by atoms with Crippen LogP contribution in [0.3, 0.4) is 0 Å². The highest BCUT2D eigenvalue weighted by molar-refractivity contribution is 5.90. The second-order valence-corrected chi connectivity index (χ2v) is 4.08. The summed E-state index contributed by atoms with van der Waals surface area (Å²) in [6.07, 6.45) is 0.421. The molecule has 1 aliphatic heterocycles. The van der Waals surface area contributed by atoms with Crippen molar-refractivity contribution in [2.24, 2.45) is 5.92 Å². The van der Waals surface area contributed by atoms with E-state index in [2.05, 4.69) is 15.2 Å². The first-order valence-corrected chi connectivity index (χ1v) is 5.23. The van der Waals surface area contributed by atoms with Gasteiger partial charge in [-0.1, -0.05) is 0 Å². The number of amides is 1. The number of nitrogen functional groups attached to an aromatic ring is 1. The lowest BCUT2D eigenvalue weighted by molar-refractivity contribution is 0.0751. The van der Waals surface area contributed by atoms with E-state index in [1.165, 1.54) is 0 Å². The quantitative estimate of drug-likeness (QED) is 0.612. The second kappa shape index (κ2) is 4.09. The highest BCUT2D eigenvalue weighted by Gasteiger charge is 2.30. The number of carbonyl (C=O) groups is 1. The highest BCUT2D eigenvalue weighted by atomic mass is 16.3. The summed E-state index contributed by atoms with van der Waals surface area (Å²) >= 11 is 0. The van der Waals surface area contributed by atoms with E-state index in [-0.39, 0.29) is 23.6 Å². The summed E-state index contributed by atoms with van der Waals surface area (Å²) in [5.41, 5.74) is 5.33. The lowest BCUT2D eigenvalue weighted by Crippen LogP contribution is -2.31. The average Bonchev–Trinajstić information content (AvgIpc) is 2.84. The summed E-state index contributed by atoms with van der Waals surface area (Å²) in [4.78, 5) is 17.3. The molecule has 4 N–H and O–H groups in total. The van der Waals surface area contributed by atoms with Gasteiger partial charge in [0, 0.05) is 19.0 Å². The Bertz CT molecular complexity index is 389. The van der Waals surface area contributed by atoms with Crippen LogP contribution in [-0.2, 0) is 0 Å². The number of aliphatic hydroxyl groups excluding tert-OH is 1. The van der Waals surface area contributed by atoms with Crippen LogP contribution >= 0.6 is 0 Å². The minimum atomic E-state index is -0.391. The topological polar surface area (TPSA) is 108 Å². The molecule has 0 spiro atoms. The number of rotatable bonds is 2. The number of anilines is 1. The van der Waals surface area contributed by atoms with Crippen molar-refractivity contribution in [3.63, 3.8) is 0 Å². The van der Waals surface area contributed by atoms with Crippen molar-refractivity contribution < 1.29 is 9.90 Å². The van der Waals surface area contributed by atoms with Crippen LogP contribution in [0.1, 0.15) is 24.0 Å². The van der Waals surface area contributed by atoms with Crippen LogP contribution in [0.4, 0.5) is 5.95 Å². The predicted octanol–water partition coefficient (Wildman–Crippen LogP) is -0.770. The third-order valence-electron chi connectivity index (χ3n) is 2.90. The molecule has 0 aromatic carbocycles. The molecule has 7 nitrogen and oxygen atoms in total. The van der Waals surface area contributed by atoms with Crippen molar-refractivity contribution in [3.05, 3.63) is 5.82 Å². The van der Waals surface area contributed by atoms with E-state index in [0.29, 0.717) is 13.1 Å². The van der Waals surface area contributed by atoms with Crippen LogP contribution < -0.4 is 5.73 Å².